The number of sulfonamides is 1. The van der Waals surface area contributed by atoms with Gasteiger partial charge in [0.1, 0.15) is 5.75 Å². The number of halogens is 1. The number of piperidine rings is 1. The molecule has 0 aromatic heterocycles. The monoisotopic (exact) mass is 372 g/mol. The van der Waals surface area contributed by atoms with E-state index in [-0.39, 0.29) is 21.4 Å². The van der Waals surface area contributed by atoms with E-state index in [0.717, 1.165) is 6.42 Å². The predicted octanol–water partition coefficient (Wildman–Crippen LogP) is 2.12. The normalized spacial score (nSPS) is 21.5. The minimum Gasteiger partial charge on any atom is -0.495 e. The number of methoxy groups -OCH3 is 1. The lowest BCUT2D eigenvalue weighted by Crippen LogP contribution is -2.52. The molecule has 1 aromatic carbocycles. The first kappa shape index (κ1) is 17.5. The maximum Gasteiger partial charge on any atom is 0.243 e. The highest BCUT2D eigenvalue weighted by Crippen LogP contribution is 2.39. The fourth-order valence-corrected chi connectivity index (χ4v) is 5.41. The summed E-state index contributed by atoms with van der Waals surface area (Å²) in [4.78, 5) is 13.8. The van der Waals surface area contributed by atoms with Crippen molar-refractivity contribution >= 4 is 27.5 Å². The number of amides is 1. The Balaban J connectivity index is 1.78. The first-order valence-corrected chi connectivity index (χ1v) is 9.72. The highest BCUT2D eigenvalue weighted by molar-refractivity contribution is 7.89. The van der Waals surface area contributed by atoms with Gasteiger partial charge in [-0.05, 0) is 37.5 Å². The van der Waals surface area contributed by atoms with Crippen LogP contribution in [-0.4, -0.2) is 56.3 Å². The fourth-order valence-electron chi connectivity index (χ4n) is 3.62. The van der Waals surface area contributed by atoms with Crippen LogP contribution in [0.4, 0.5) is 0 Å². The summed E-state index contributed by atoms with van der Waals surface area (Å²) in [6, 6.07) is 4.49. The van der Waals surface area contributed by atoms with Gasteiger partial charge in [0.15, 0.2) is 0 Å². The SMILES string of the molecule is COc1ccc(S(=O)(=O)N2CCC3(CCC(=O)N3C)CC2)cc1Cl. The molecule has 0 bridgehead atoms. The van der Waals surface area contributed by atoms with Crippen molar-refractivity contribution in [3.05, 3.63) is 23.2 Å². The molecule has 132 valence electrons. The molecule has 0 N–H and O–H groups in total. The molecule has 2 fully saturated rings. The molecule has 1 amide bonds. The van der Waals surface area contributed by atoms with E-state index in [2.05, 4.69) is 0 Å². The highest BCUT2D eigenvalue weighted by atomic mass is 35.5. The van der Waals surface area contributed by atoms with Crippen molar-refractivity contribution in [2.75, 3.05) is 27.2 Å². The van der Waals surface area contributed by atoms with Crippen molar-refractivity contribution in [1.82, 2.24) is 9.21 Å². The zero-order valence-electron chi connectivity index (χ0n) is 13.8. The van der Waals surface area contributed by atoms with Gasteiger partial charge in [-0.3, -0.25) is 4.79 Å². The van der Waals surface area contributed by atoms with Gasteiger partial charge >= 0.3 is 0 Å². The zero-order chi connectivity index (χ0) is 17.5. The van der Waals surface area contributed by atoms with Gasteiger partial charge in [-0.25, -0.2) is 8.42 Å². The van der Waals surface area contributed by atoms with Gasteiger partial charge in [-0.1, -0.05) is 11.6 Å². The van der Waals surface area contributed by atoms with Crippen LogP contribution >= 0.6 is 11.6 Å². The van der Waals surface area contributed by atoms with Gasteiger partial charge in [0.25, 0.3) is 0 Å². The van der Waals surface area contributed by atoms with Gasteiger partial charge in [0.05, 0.1) is 17.0 Å². The Kier molecular flexibility index (Phi) is 4.53. The average Bonchev–Trinajstić information content (AvgIpc) is 2.84. The number of carbonyl (C=O) groups is 1. The van der Waals surface area contributed by atoms with E-state index in [9.17, 15) is 13.2 Å². The van der Waals surface area contributed by atoms with Crippen molar-refractivity contribution in [3.8, 4) is 5.75 Å². The first-order chi connectivity index (χ1) is 11.3. The van der Waals surface area contributed by atoms with E-state index in [0.29, 0.717) is 38.1 Å². The molecule has 24 heavy (non-hydrogen) atoms. The number of nitrogens with zero attached hydrogens (tertiary/aromatic N) is 2. The van der Waals surface area contributed by atoms with E-state index in [1.807, 2.05) is 7.05 Å². The largest absolute Gasteiger partial charge is 0.495 e. The van der Waals surface area contributed by atoms with Crippen molar-refractivity contribution in [2.45, 2.75) is 36.1 Å². The summed E-state index contributed by atoms with van der Waals surface area (Å²) >= 11 is 6.06. The Labute approximate surface area is 147 Å². The maximum absolute atomic E-state index is 12.8. The van der Waals surface area contributed by atoms with E-state index in [1.54, 1.807) is 11.0 Å². The predicted molar refractivity (Wildman–Crippen MR) is 90.7 cm³/mol. The number of rotatable bonds is 3. The molecule has 2 heterocycles. The third-order valence-electron chi connectivity index (χ3n) is 5.30. The molecule has 2 aliphatic heterocycles. The van der Waals surface area contributed by atoms with Crippen LogP contribution < -0.4 is 4.74 Å². The van der Waals surface area contributed by atoms with Crippen LogP contribution in [0.15, 0.2) is 23.1 Å². The van der Waals surface area contributed by atoms with Gasteiger partial charge in [0, 0.05) is 32.1 Å². The molecule has 1 spiro atoms. The Hall–Kier alpha value is -1.31. The maximum atomic E-state index is 12.8. The van der Waals surface area contributed by atoms with Crippen LogP contribution in [0.2, 0.25) is 5.02 Å². The summed E-state index contributed by atoms with van der Waals surface area (Å²) in [6.07, 6.45) is 2.69. The van der Waals surface area contributed by atoms with Crippen molar-refractivity contribution < 1.29 is 17.9 Å². The molecule has 2 aliphatic rings. The molecular weight excluding hydrogens is 352 g/mol. The molecule has 8 heteroatoms. The second-order valence-electron chi connectivity index (χ2n) is 6.38. The number of hydrogen-bond donors (Lipinski definition) is 0. The smallest absolute Gasteiger partial charge is 0.243 e. The average molecular weight is 373 g/mol. The first-order valence-electron chi connectivity index (χ1n) is 7.90. The summed E-state index contributed by atoms with van der Waals surface area (Å²) in [5, 5.41) is 0.271. The molecule has 0 unspecified atom stereocenters. The topological polar surface area (TPSA) is 66.9 Å². The summed E-state index contributed by atoms with van der Waals surface area (Å²) < 4.78 is 32.2. The Morgan fingerprint density at radius 3 is 2.38 bits per heavy atom. The Bertz CT molecular complexity index is 757. The van der Waals surface area contributed by atoms with Crippen LogP contribution in [0.5, 0.6) is 5.75 Å². The molecule has 0 aliphatic carbocycles. The molecule has 2 saturated heterocycles. The zero-order valence-corrected chi connectivity index (χ0v) is 15.4. The Morgan fingerprint density at radius 1 is 1.21 bits per heavy atom. The molecular formula is C16H21ClN2O4S. The van der Waals surface area contributed by atoms with Gasteiger partial charge in [0.2, 0.25) is 15.9 Å². The fraction of sp³-hybridized carbons (Fsp3) is 0.562. The minimum absolute atomic E-state index is 0.147. The van der Waals surface area contributed by atoms with E-state index in [1.165, 1.54) is 23.5 Å². The third-order valence-corrected chi connectivity index (χ3v) is 7.49. The number of benzene rings is 1. The number of carbonyl (C=O) groups excluding carboxylic acids is 1. The summed E-state index contributed by atoms with van der Waals surface area (Å²) in [5.74, 6) is 0.590. The van der Waals surface area contributed by atoms with Crippen LogP contribution in [0.3, 0.4) is 0 Å². The molecule has 0 radical (unpaired) electrons. The van der Waals surface area contributed by atoms with Crippen LogP contribution in [-0.2, 0) is 14.8 Å². The lowest BCUT2D eigenvalue weighted by molar-refractivity contribution is -0.130. The van der Waals surface area contributed by atoms with Crippen LogP contribution in [0.25, 0.3) is 0 Å². The summed E-state index contributed by atoms with van der Waals surface area (Å²) in [7, 11) is -0.290. The van der Waals surface area contributed by atoms with Gasteiger partial charge in [-0.15, -0.1) is 0 Å². The highest BCUT2D eigenvalue weighted by Gasteiger charge is 2.46. The third kappa shape index (κ3) is 2.78. The van der Waals surface area contributed by atoms with Crippen LogP contribution in [0.1, 0.15) is 25.7 Å². The summed E-state index contributed by atoms with van der Waals surface area (Å²) in [5.41, 5.74) is -0.180. The van der Waals surface area contributed by atoms with Gasteiger partial charge < -0.3 is 9.64 Å². The Morgan fingerprint density at radius 2 is 1.88 bits per heavy atom. The standard InChI is InChI=1S/C16H21ClN2O4S/c1-18-15(20)5-6-16(18)7-9-19(10-8-16)24(21,22)12-3-4-14(23-2)13(17)11-12/h3-4,11H,5-10H2,1-2H3. The molecule has 6 nitrogen and oxygen atoms in total. The molecule has 0 saturated carbocycles. The second kappa shape index (κ2) is 6.20. The van der Waals surface area contributed by atoms with Crippen LogP contribution in [0, 0.1) is 0 Å². The van der Waals surface area contributed by atoms with E-state index < -0.39 is 10.0 Å². The second-order valence-corrected chi connectivity index (χ2v) is 8.72. The lowest BCUT2D eigenvalue weighted by Gasteiger charge is -2.43. The molecule has 3 rings (SSSR count). The van der Waals surface area contributed by atoms with E-state index in [4.69, 9.17) is 16.3 Å². The quantitative estimate of drug-likeness (QED) is 0.815. The van der Waals surface area contributed by atoms with Crippen molar-refractivity contribution in [3.63, 3.8) is 0 Å². The lowest BCUT2D eigenvalue weighted by atomic mass is 9.86. The number of ether oxygens (including phenoxy) is 1. The summed E-state index contributed by atoms with van der Waals surface area (Å²) in [6.45, 7) is 0.813. The van der Waals surface area contributed by atoms with Crippen molar-refractivity contribution in [2.24, 2.45) is 0 Å². The molecule has 0 atom stereocenters. The number of hydrogen-bond acceptors (Lipinski definition) is 4. The minimum atomic E-state index is -3.60. The molecule has 1 aromatic rings. The van der Waals surface area contributed by atoms with Gasteiger partial charge in [-0.2, -0.15) is 4.31 Å². The number of likely N-dealkylation sites (tertiary alicyclic amines) is 1. The van der Waals surface area contributed by atoms with Crippen molar-refractivity contribution in [1.29, 1.82) is 0 Å². The van der Waals surface area contributed by atoms with E-state index >= 15 is 0 Å².